The van der Waals surface area contributed by atoms with Gasteiger partial charge < -0.3 is 19.6 Å². The Kier molecular flexibility index (Phi) is 5.38. The molecular weight excluding hydrogens is 434 g/mol. The molecule has 0 fully saturated rings. The lowest BCUT2D eigenvalue weighted by Crippen LogP contribution is -2.13. The molecule has 1 heterocycles. The maximum Gasteiger partial charge on any atom is 0.259 e. The zero-order chi connectivity index (χ0) is 20.4. The second-order valence-corrected chi connectivity index (χ2v) is 7.24. The summed E-state index contributed by atoms with van der Waals surface area (Å²) in [5, 5.41) is 14.0. The van der Waals surface area contributed by atoms with Crippen LogP contribution in [-0.4, -0.2) is 18.1 Å². The number of aliphatic hydroxyl groups is 1. The first-order valence-electron chi connectivity index (χ1n) is 8.97. The number of hydrogen-bond acceptors (Lipinski definition) is 4. The van der Waals surface area contributed by atoms with Crippen LogP contribution in [0.2, 0.25) is 0 Å². The molecule has 1 amide bonds. The first kappa shape index (κ1) is 19.2. The first-order chi connectivity index (χ1) is 14.1. The SMILES string of the molecule is COc1c(C(=O)Nc2cccc(-c3ccc(CO)o3)c2)cc2ccccc2c1Br. The smallest absolute Gasteiger partial charge is 0.259 e. The molecule has 3 aromatic carbocycles. The summed E-state index contributed by atoms with van der Waals surface area (Å²) in [6.07, 6.45) is 0. The molecule has 6 heteroatoms. The van der Waals surface area contributed by atoms with Crippen molar-refractivity contribution in [2.75, 3.05) is 12.4 Å². The van der Waals surface area contributed by atoms with E-state index in [2.05, 4.69) is 21.2 Å². The van der Waals surface area contributed by atoms with E-state index in [4.69, 9.17) is 9.15 Å². The molecule has 2 N–H and O–H groups in total. The summed E-state index contributed by atoms with van der Waals surface area (Å²) in [5.74, 6) is 1.31. The van der Waals surface area contributed by atoms with Gasteiger partial charge in [-0.1, -0.05) is 36.4 Å². The fraction of sp³-hybridized carbons (Fsp3) is 0.0870. The van der Waals surface area contributed by atoms with Gasteiger partial charge in [0.05, 0.1) is 17.1 Å². The summed E-state index contributed by atoms with van der Waals surface area (Å²) in [4.78, 5) is 13.0. The summed E-state index contributed by atoms with van der Waals surface area (Å²) in [6.45, 7) is -0.160. The number of ether oxygens (including phenoxy) is 1. The first-order valence-corrected chi connectivity index (χ1v) is 9.76. The highest BCUT2D eigenvalue weighted by Gasteiger charge is 2.18. The number of halogens is 1. The van der Waals surface area contributed by atoms with Crippen LogP contribution in [0, 0.1) is 0 Å². The number of anilines is 1. The molecule has 4 rings (SSSR count). The monoisotopic (exact) mass is 451 g/mol. The summed E-state index contributed by atoms with van der Waals surface area (Å²) < 4.78 is 11.8. The average Bonchev–Trinajstić information content (AvgIpc) is 3.23. The lowest BCUT2D eigenvalue weighted by molar-refractivity contribution is 0.102. The van der Waals surface area contributed by atoms with E-state index < -0.39 is 0 Å². The quantitative estimate of drug-likeness (QED) is 0.413. The minimum absolute atomic E-state index is 0.160. The third-order valence-corrected chi connectivity index (χ3v) is 5.40. The maximum absolute atomic E-state index is 13.0. The minimum Gasteiger partial charge on any atom is -0.495 e. The average molecular weight is 452 g/mol. The Morgan fingerprint density at radius 3 is 2.69 bits per heavy atom. The van der Waals surface area contributed by atoms with E-state index in [1.165, 1.54) is 0 Å². The molecule has 0 radical (unpaired) electrons. The van der Waals surface area contributed by atoms with Crippen LogP contribution in [0.1, 0.15) is 16.1 Å². The number of methoxy groups -OCH3 is 1. The van der Waals surface area contributed by atoms with Crippen molar-refractivity contribution < 1.29 is 19.1 Å². The van der Waals surface area contributed by atoms with Crippen molar-refractivity contribution in [1.82, 2.24) is 0 Å². The number of nitrogens with one attached hydrogen (secondary N) is 1. The van der Waals surface area contributed by atoms with Gasteiger partial charge in [0.25, 0.3) is 5.91 Å². The van der Waals surface area contributed by atoms with Crippen molar-refractivity contribution in [2.24, 2.45) is 0 Å². The van der Waals surface area contributed by atoms with Crippen LogP contribution in [0.3, 0.4) is 0 Å². The van der Waals surface area contributed by atoms with Gasteiger partial charge in [0.2, 0.25) is 0 Å². The number of furan rings is 1. The third-order valence-electron chi connectivity index (χ3n) is 4.61. The van der Waals surface area contributed by atoms with Gasteiger partial charge >= 0.3 is 0 Å². The molecule has 29 heavy (non-hydrogen) atoms. The Morgan fingerprint density at radius 2 is 1.93 bits per heavy atom. The fourth-order valence-corrected chi connectivity index (χ4v) is 3.96. The van der Waals surface area contributed by atoms with E-state index in [0.717, 1.165) is 20.8 Å². The van der Waals surface area contributed by atoms with Gasteiger partial charge in [0.1, 0.15) is 23.9 Å². The Labute approximate surface area is 176 Å². The lowest BCUT2D eigenvalue weighted by Gasteiger charge is -2.14. The van der Waals surface area contributed by atoms with Gasteiger partial charge in [0, 0.05) is 11.3 Å². The Bertz CT molecular complexity index is 1200. The highest BCUT2D eigenvalue weighted by Crippen LogP contribution is 2.37. The molecule has 1 aromatic heterocycles. The number of fused-ring (bicyclic) bond motifs is 1. The molecule has 0 aliphatic rings. The fourth-order valence-electron chi connectivity index (χ4n) is 3.22. The molecule has 0 aliphatic carbocycles. The normalized spacial score (nSPS) is 10.9. The summed E-state index contributed by atoms with van der Waals surface area (Å²) in [6, 6.07) is 20.4. The van der Waals surface area contributed by atoms with Gasteiger partial charge in [-0.25, -0.2) is 0 Å². The molecule has 146 valence electrons. The van der Waals surface area contributed by atoms with Crippen molar-refractivity contribution in [3.8, 4) is 17.1 Å². The van der Waals surface area contributed by atoms with Crippen LogP contribution in [-0.2, 0) is 6.61 Å². The molecule has 0 unspecified atom stereocenters. The molecule has 0 aliphatic heterocycles. The van der Waals surface area contributed by atoms with Crippen LogP contribution in [0.15, 0.2) is 75.6 Å². The zero-order valence-corrected chi connectivity index (χ0v) is 17.2. The number of rotatable bonds is 5. The van der Waals surface area contributed by atoms with E-state index >= 15 is 0 Å². The second kappa shape index (κ2) is 8.11. The summed E-state index contributed by atoms with van der Waals surface area (Å²) >= 11 is 3.56. The van der Waals surface area contributed by atoms with Crippen LogP contribution in [0.5, 0.6) is 5.75 Å². The number of carbonyl (C=O) groups is 1. The maximum atomic E-state index is 13.0. The minimum atomic E-state index is -0.277. The number of aliphatic hydroxyl groups excluding tert-OH is 1. The van der Waals surface area contributed by atoms with E-state index in [1.54, 1.807) is 25.3 Å². The predicted molar refractivity (Wildman–Crippen MR) is 116 cm³/mol. The van der Waals surface area contributed by atoms with E-state index in [9.17, 15) is 9.90 Å². The molecule has 5 nitrogen and oxygen atoms in total. The molecule has 0 saturated carbocycles. The second-order valence-electron chi connectivity index (χ2n) is 6.45. The van der Waals surface area contributed by atoms with Crippen LogP contribution in [0.25, 0.3) is 22.1 Å². The van der Waals surface area contributed by atoms with Gasteiger partial charge in [0.15, 0.2) is 0 Å². The number of carbonyl (C=O) groups excluding carboxylic acids is 1. The van der Waals surface area contributed by atoms with E-state index in [1.807, 2.05) is 48.5 Å². The highest BCUT2D eigenvalue weighted by atomic mass is 79.9. The number of amides is 1. The summed E-state index contributed by atoms with van der Waals surface area (Å²) in [5.41, 5.74) is 1.86. The van der Waals surface area contributed by atoms with Crippen molar-refractivity contribution in [2.45, 2.75) is 6.61 Å². The third kappa shape index (κ3) is 3.77. The molecular formula is C23H18BrNO4. The molecule has 0 bridgehead atoms. The van der Waals surface area contributed by atoms with Gasteiger partial charge in [-0.2, -0.15) is 0 Å². The molecule has 0 spiro atoms. The van der Waals surface area contributed by atoms with E-state index in [-0.39, 0.29) is 12.5 Å². The van der Waals surface area contributed by atoms with Gasteiger partial charge in [-0.05, 0) is 57.0 Å². The largest absolute Gasteiger partial charge is 0.495 e. The highest BCUT2D eigenvalue weighted by molar-refractivity contribution is 9.10. The summed E-state index contributed by atoms with van der Waals surface area (Å²) in [7, 11) is 1.54. The van der Waals surface area contributed by atoms with Crippen molar-refractivity contribution in [3.63, 3.8) is 0 Å². The predicted octanol–water partition coefficient (Wildman–Crippen LogP) is 5.62. The Hall–Kier alpha value is -3.09. The molecule has 4 aromatic rings. The van der Waals surface area contributed by atoms with Gasteiger partial charge in [-0.15, -0.1) is 0 Å². The molecule has 0 atom stereocenters. The lowest BCUT2D eigenvalue weighted by atomic mass is 10.0. The van der Waals surface area contributed by atoms with Crippen molar-refractivity contribution in [3.05, 3.63) is 82.5 Å². The number of hydrogen-bond donors (Lipinski definition) is 2. The van der Waals surface area contributed by atoms with Crippen LogP contribution < -0.4 is 10.1 Å². The van der Waals surface area contributed by atoms with Gasteiger partial charge in [-0.3, -0.25) is 4.79 Å². The standard InChI is InChI=1S/C23H18BrNO4/c1-28-22-19(12-14-5-2-3-8-18(14)21(22)24)23(27)25-16-7-4-6-15(11-16)20-10-9-17(13-26)29-20/h2-12,26H,13H2,1H3,(H,25,27). The zero-order valence-electron chi connectivity index (χ0n) is 15.6. The van der Waals surface area contributed by atoms with Crippen molar-refractivity contribution in [1.29, 1.82) is 0 Å². The van der Waals surface area contributed by atoms with Crippen LogP contribution >= 0.6 is 15.9 Å². The Morgan fingerprint density at radius 1 is 1.10 bits per heavy atom. The Balaban J connectivity index is 1.67. The van der Waals surface area contributed by atoms with Crippen molar-refractivity contribution >= 4 is 38.3 Å². The topological polar surface area (TPSA) is 71.7 Å². The van der Waals surface area contributed by atoms with Crippen LogP contribution in [0.4, 0.5) is 5.69 Å². The van der Waals surface area contributed by atoms with E-state index in [0.29, 0.717) is 28.5 Å². The molecule has 0 saturated heterocycles. The number of benzene rings is 3.